The van der Waals surface area contributed by atoms with Crippen LogP contribution in [0.1, 0.15) is 22.7 Å². The minimum absolute atomic E-state index is 0.394. The summed E-state index contributed by atoms with van der Waals surface area (Å²) in [7, 11) is 0. The Balaban J connectivity index is 1.25. The molecule has 3 aromatic rings. The van der Waals surface area contributed by atoms with Gasteiger partial charge >= 0.3 is 0 Å². The summed E-state index contributed by atoms with van der Waals surface area (Å²) in [6, 6.07) is 6.03. The molecule has 4 heterocycles. The van der Waals surface area contributed by atoms with Gasteiger partial charge in [-0.2, -0.15) is 0 Å². The molecule has 8 nitrogen and oxygen atoms in total. The first kappa shape index (κ1) is 18.5. The fourth-order valence-corrected chi connectivity index (χ4v) is 3.99. The van der Waals surface area contributed by atoms with Crippen molar-refractivity contribution in [1.82, 2.24) is 19.9 Å². The standard InChI is InChI=1S/C21H26N6O2/c1-14-15(2)23-13-24-20(14)27-7-5-26(6-8-27)10-19-25-17-4-3-16(9-18(17)29-19)21(22)11-28-12-21/h3-4,9,13H,5-8,10-12,22H2,1-2H3. The molecule has 2 N–H and O–H groups in total. The number of ether oxygens (including phenoxy) is 1. The molecule has 1 aromatic carbocycles. The van der Waals surface area contributed by atoms with Gasteiger partial charge in [-0.25, -0.2) is 15.0 Å². The Kier molecular flexibility index (Phi) is 4.49. The molecule has 0 spiro atoms. The first-order valence-electron chi connectivity index (χ1n) is 10.0. The summed E-state index contributed by atoms with van der Waals surface area (Å²) in [5, 5.41) is 0. The number of fused-ring (bicyclic) bond motifs is 1. The van der Waals surface area contributed by atoms with Crippen molar-refractivity contribution >= 4 is 16.9 Å². The normalized spacial score (nSPS) is 19.5. The SMILES string of the molecule is Cc1ncnc(N2CCN(Cc3nc4ccc(C5(N)COC5)cc4o3)CC2)c1C. The highest BCUT2D eigenvalue weighted by molar-refractivity contribution is 5.73. The van der Waals surface area contributed by atoms with Gasteiger partial charge in [0.2, 0.25) is 5.89 Å². The molecule has 2 aliphatic rings. The van der Waals surface area contributed by atoms with Gasteiger partial charge in [-0.1, -0.05) is 6.07 Å². The summed E-state index contributed by atoms with van der Waals surface area (Å²) in [5.41, 5.74) is 10.9. The fraction of sp³-hybridized carbons (Fsp3) is 0.476. The van der Waals surface area contributed by atoms with Gasteiger partial charge < -0.3 is 19.8 Å². The van der Waals surface area contributed by atoms with E-state index >= 15 is 0 Å². The lowest BCUT2D eigenvalue weighted by Gasteiger charge is -2.38. The second-order valence-electron chi connectivity index (χ2n) is 8.11. The highest BCUT2D eigenvalue weighted by atomic mass is 16.5. The van der Waals surface area contributed by atoms with E-state index in [1.54, 1.807) is 6.33 Å². The fourth-order valence-electron chi connectivity index (χ4n) is 3.99. The number of nitrogens with zero attached hydrogens (tertiary/aromatic N) is 5. The van der Waals surface area contributed by atoms with Crippen LogP contribution in [-0.4, -0.2) is 59.2 Å². The summed E-state index contributed by atoms with van der Waals surface area (Å²) in [4.78, 5) is 18.1. The summed E-state index contributed by atoms with van der Waals surface area (Å²) in [6.07, 6.45) is 1.65. The Morgan fingerprint density at radius 1 is 1.10 bits per heavy atom. The third-order valence-corrected chi connectivity index (χ3v) is 6.07. The number of anilines is 1. The molecule has 2 aromatic heterocycles. The molecule has 0 amide bonds. The molecular weight excluding hydrogens is 368 g/mol. The van der Waals surface area contributed by atoms with Crippen LogP contribution in [0, 0.1) is 13.8 Å². The molecule has 152 valence electrons. The molecular formula is C21H26N6O2. The predicted octanol–water partition coefficient (Wildman–Crippen LogP) is 1.74. The van der Waals surface area contributed by atoms with Crippen molar-refractivity contribution in [2.45, 2.75) is 25.9 Å². The molecule has 0 unspecified atom stereocenters. The lowest BCUT2D eigenvalue weighted by Crippen LogP contribution is -2.54. The Labute approximate surface area is 169 Å². The van der Waals surface area contributed by atoms with Gasteiger partial charge in [-0.15, -0.1) is 0 Å². The van der Waals surface area contributed by atoms with E-state index < -0.39 is 5.54 Å². The summed E-state index contributed by atoms with van der Waals surface area (Å²) >= 11 is 0. The van der Waals surface area contributed by atoms with Crippen LogP contribution in [0.5, 0.6) is 0 Å². The number of aryl methyl sites for hydroxylation is 1. The van der Waals surface area contributed by atoms with E-state index in [9.17, 15) is 0 Å². The number of oxazole rings is 1. The van der Waals surface area contributed by atoms with E-state index in [0.717, 1.165) is 65.8 Å². The molecule has 0 saturated carbocycles. The second kappa shape index (κ2) is 7.05. The molecule has 0 radical (unpaired) electrons. The highest BCUT2D eigenvalue weighted by Gasteiger charge is 2.36. The first-order valence-corrected chi connectivity index (χ1v) is 10.0. The Bertz CT molecular complexity index is 1040. The van der Waals surface area contributed by atoms with Crippen molar-refractivity contribution in [2.24, 2.45) is 5.73 Å². The molecule has 0 atom stereocenters. The molecule has 0 bridgehead atoms. The van der Waals surface area contributed by atoms with Gasteiger partial charge in [-0.3, -0.25) is 4.90 Å². The number of hydrogen-bond acceptors (Lipinski definition) is 8. The van der Waals surface area contributed by atoms with E-state index in [0.29, 0.717) is 19.8 Å². The summed E-state index contributed by atoms with van der Waals surface area (Å²) < 4.78 is 11.3. The van der Waals surface area contributed by atoms with Gasteiger partial charge in [-0.05, 0) is 31.5 Å². The Morgan fingerprint density at radius 3 is 2.62 bits per heavy atom. The number of aromatic nitrogens is 3. The molecule has 8 heteroatoms. The molecule has 2 aliphatic heterocycles. The van der Waals surface area contributed by atoms with Crippen molar-refractivity contribution in [2.75, 3.05) is 44.3 Å². The first-order chi connectivity index (χ1) is 14.0. The largest absolute Gasteiger partial charge is 0.439 e. The van der Waals surface area contributed by atoms with Gasteiger partial charge in [0.1, 0.15) is 17.7 Å². The number of nitrogens with two attached hydrogens (primary N) is 1. The maximum atomic E-state index is 6.34. The van der Waals surface area contributed by atoms with Crippen molar-refractivity contribution in [3.63, 3.8) is 0 Å². The maximum Gasteiger partial charge on any atom is 0.209 e. The summed E-state index contributed by atoms with van der Waals surface area (Å²) in [5.74, 6) is 1.79. The molecule has 5 rings (SSSR count). The minimum Gasteiger partial charge on any atom is -0.439 e. The van der Waals surface area contributed by atoms with Crippen LogP contribution in [0.25, 0.3) is 11.1 Å². The van der Waals surface area contributed by atoms with Crippen LogP contribution in [0.3, 0.4) is 0 Å². The number of piperazine rings is 1. The van der Waals surface area contributed by atoms with Crippen molar-refractivity contribution in [3.8, 4) is 0 Å². The van der Waals surface area contributed by atoms with E-state index in [2.05, 4.69) is 31.7 Å². The van der Waals surface area contributed by atoms with Gasteiger partial charge in [0, 0.05) is 37.4 Å². The topological polar surface area (TPSA) is 93.5 Å². The van der Waals surface area contributed by atoms with Crippen molar-refractivity contribution in [3.05, 3.63) is 47.2 Å². The van der Waals surface area contributed by atoms with Crippen LogP contribution in [0.2, 0.25) is 0 Å². The van der Waals surface area contributed by atoms with Crippen LogP contribution in [0.15, 0.2) is 28.9 Å². The smallest absolute Gasteiger partial charge is 0.209 e. The quantitative estimate of drug-likeness (QED) is 0.715. The van der Waals surface area contributed by atoms with Gasteiger partial charge in [0.25, 0.3) is 0 Å². The lowest BCUT2D eigenvalue weighted by atomic mass is 9.89. The lowest BCUT2D eigenvalue weighted by molar-refractivity contribution is -0.0568. The summed E-state index contributed by atoms with van der Waals surface area (Å²) in [6.45, 7) is 9.66. The average Bonchev–Trinajstić information content (AvgIpc) is 3.10. The van der Waals surface area contributed by atoms with E-state index in [-0.39, 0.29) is 0 Å². The number of rotatable bonds is 4. The molecule has 2 fully saturated rings. The highest BCUT2D eigenvalue weighted by Crippen LogP contribution is 2.29. The Morgan fingerprint density at radius 2 is 1.90 bits per heavy atom. The monoisotopic (exact) mass is 394 g/mol. The number of hydrogen-bond donors (Lipinski definition) is 1. The minimum atomic E-state index is -0.394. The zero-order chi connectivity index (χ0) is 20.0. The van der Waals surface area contributed by atoms with E-state index in [1.807, 2.05) is 25.1 Å². The van der Waals surface area contributed by atoms with Crippen LogP contribution >= 0.6 is 0 Å². The van der Waals surface area contributed by atoms with Gasteiger partial charge in [0.15, 0.2) is 5.58 Å². The molecule has 29 heavy (non-hydrogen) atoms. The zero-order valence-corrected chi connectivity index (χ0v) is 16.9. The zero-order valence-electron chi connectivity index (χ0n) is 16.9. The predicted molar refractivity (Wildman–Crippen MR) is 110 cm³/mol. The van der Waals surface area contributed by atoms with Crippen LogP contribution in [-0.2, 0) is 16.8 Å². The van der Waals surface area contributed by atoms with E-state index in [1.165, 1.54) is 0 Å². The van der Waals surface area contributed by atoms with Crippen molar-refractivity contribution < 1.29 is 9.15 Å². The molecule has 2 saturated heterocycles. The third-order valence-electron chi connectivity index (χ3n) is 6.07. The van der Waals surface area contributed by atoms with Crippen LogP contribution < -0.4 is 10.6 Å². The van der Waals surface area contributed by atoms with Crippen molar-refractivity contribution in [1.29, 1.82) is 0 Å². The maximum absolute atomic E-state index is 6.34. The third kappa shape index (κ3) is 3.37. The van der Waals surface area contributed by atoms with E-state index in [4.69, 9.17) is 14.9 Å². The van der Waals surface area contributed by atoms with Crippen LogP contribution in [0.4, 0.5) is 5.82 Å². The second-order valence-corrected chi connectivity index (χ2v) is 8.11. The number of benzene rings is 1. The average molecular weight is 394 g/mol. The Hall–Kier alpha value is -2.55. The molecule has 0 aliphatic carbocycles. The van der Waals surface area contributed by atoms with Gasteiger partial charge in [0.05, 0.1) is 25.3 Å².